The van der Waals surface area contributed by atoms with Crippen LogP contribution in [0.4, 0.5) is 14.9 Å². The molecule has 3 rings (SSSR count). The van der Waals surface area contributed by atoms with Crippen LogP contribution in [0.15, 0.2) is 42.5 Å². The first-order valence-corrected chi connectivity index (χ1v) is 9.28. The molecule has 29 heavy (non-hydrogen) atoms. The fourth-order valence-electron chi connectivity index (χ4n) is 3.26. The molecule has 0 aliphatic carbocycles. The maximum Gasteiger partial charge on any atom is 0.315 e. The molecule has 0 spiro atoms. The quantitative estimate of drug-likeness (QED) is 0.748. The lowest BCUT2D eigenvalue weighted by molar-refractivity contribution is -0.117. The van der Waals surface area contributed by atoms with Crippen molar-refractivity contribution in [2.45, 2.75) is 13.0 Å². The number of urea groups is 1. The number of ether oxygens (including phenoxy) is 2. The molecule has 154 valence electrons. The highest BCUT2D eigenvalue weighted by atomic mass is 19.1. The van der Waals surface area contributed by atoms with Crippen molar-refractivity contribution in [1.29, 1.82) is 0 Å². The highest BCUT2D eigenvalue weighted by Crippen LogP contribution is 2.27. The smallest absolute Gasteiger partial charge is 0.315 e. The highest BCUT2D eigenvalue weighted by Gasteiger charge is 2.30. The largest absolute Gasteiger partial charge is 0.493 e. The van der Waals surface area contributed by atoms with Gasteiger partial charge in [0.2, 0.25) is 5.91 Å². The Morgan fingerprint density at radius 3 is 2.52 bits per heavy atom. The van der Waals surface area contributed by atoms with Gasteiger partial charge < -0.3 is 25.0 Å². The molecule has 1 saturated heterocycles. The van der Waals surface area contributed by atoms with E-state index in [1.54, 1.807) is 43.4 Å². The second kappa shape index (κ2) is 9.27. The molecular weight excluding hydrogens is 377 g/mol. The van der Waals surface area contributed by atoms with Crippen molar-refractivity contribution in [1.82, 2.24) is 10.6 Å². The molecule has 2 aromatic rings. The Labute approximate surface area is 168 Å². The SMILES string of the molecule is COc1ccc(CNC(=O)NC[C@H]2CC(=O)N(c3ccc(F)cc3)C2)cc1OC. The van der Waals surface area contributed by atoms with Crippen LogP contribution in [0.25, 0.3) is 0 Å². The summed E-state index contributed by atoms with van der Waals surface area (Å²) in [5.74, 6) is 0.841. The number of rotatable bonds is 7. The molecule has 1 aliphatic heterocycles. The fraction of sp³-hybridized carbons (Fsp3) is 0.333. The monoisotopic (exact) mass is 401 g/mol. The Morgan fingerprint density at radius 1 is 1.10 bits per heavy atom. The van der Waals surface area contributed by atoms with Crippen LogP contribution in [0, 0.1) is 11.7 Å². The maximum atomic E-state index is 13.1. The topological polar surface area (TPSA) is 79.9 Å². The van der Waals surface area contributed by atoms with E-state index in [0.29, 0.717) is 43.2 Å². The molecular formula is C21H24FN3O4. The summed E-state index contributed by atoms with van der Waals surface area (Å²) in [5.41, 5.74) is 1.54. The molecule has 0 radical (unpaired) electrons. The molecule has 7 nitrogen and oxygen atoms in total. The van der Waals surface area contributed by atoms with Crippen LogP contribution in [0.3, 0.4) is 0 Å². The van der Waals surface area contributed by atoms with E-state index < -0.39 is 0 Å². The van der Waals surface area contributed by atoms with Crippen molar-refractivity contribution >= 4 is 17.6 Å². The number of anilines is 1. The van der Waals surface area contributed by atoms with E-state index in [1.807, 2.05) is 6.07 Å². The average Bonchev–Trinajstić information content (AvgIpc) is 3.11. The van der Waals surface area contributed by atoms with Gasteiger partial charge >= 0.3 is 6.03 Å². The average molecular weight is 401 g/mol. The lowest BCUT2D eigenvalue weighted by Crippen LogP contribution is -2.38. The third-order valence-electron chi connectivity index (χ3n) is 4.80. The first-order chi connectivity index (χ1) is 14.0. The Balaban J connectivity index is 1.46. The van der Waals surface area contributed by atoms with Crippen LogP contribution in [0.1, 0.15) is 12.0 Å². The minimum atomic E-state index is -0.343. The van der Waals surface area contributed by atoms with Gasteiger partial charge in [0, 0.05) is 37.7 Å². The van der Waals surface area contributed by atoms with Crippen molar-refractivity contribution in [2.24, 2.45) is 5.92 Å². The second-order valence-electron chi connectivity index (χ2n) is 6.80. The number of hydrogen-bond donors (Lipinski definition) is 2. The summed E-state index contributed by atoms with van der Waals surface area (Å²) < 4.78 is 23.5. The van der Waals surface area contributed by atoms with Crippen LogP contribution < -0.4 is 25.0 Å². The van der Waals surface area contributed by atoms with Gasteiger partial charge in [0.05, 0.1) is 14.2 Å². The van der Waals surface area contributed by atoms with Crippen molar-refractivity contribution in [2.75, 3.05) is 32.2 Å². The zero-order valence-corrected chi connectivity index (χ0v) is 16.4. The van der Waals surface area contributed by atoms with E-state index in [9.17, 15) is 14.0 Å². The number of halogens is 1. The van der Waals surface area contributed by atoms with E-state index in [-0.39, 0.29) is 23.7 Å². The number of nitrogens with zero attached hydrogens (tertiary/aromatic N) is 1. The number of amides is 3. The van der Waals surface area contributed by atoms with Gasteiger partial charge in [-0.1, -0.05) is 6.07 Å². The van der Waals surface area contributed by atoms with Crippen molar-refractivity contribution in [3.63, 3.8) is 0 Å². The Kier molecular flexibility index (Phi) is 6.54. The lowest BCUT2D eigenvalue weighted by atomic mass is 10.1. The number of benzene rings is 2. The molecule has 3 amide bonds. The van der Waals surface area contributed by atoms with Crippen LogP contribution in [0.5, 0.6) is 11.5 Å². The van der Waals surface area contributed by atoms with Crippen LogP contribution in [-0.4, -0.2) is 39.2 Å². The van der Waals surface area contributed by atoms with E-state index in [2.05, 4.69) is 10.6 Å². The standard InChI is InChI=1S/C21H24FN3O4/c1-28-18-8-3-14(9-19(18)29-2)11-23-21(27)24-12-15-10-20(26)25(13-15)17-6-4-16(22)5-7-17/h3-9,15H,10-13H2,1-2H3,(H2,23,24,27)/t15-/m1/s1. The van der Waals surface area contributed by atoms with Gasteiger partial charge in [-0.2, -0.15) is 0 Å². The molecule has 8 heteroatoms. The number of methoxy groups -OCH3 is 2. The normalized spacial score (nSPS) is 15.9. The minimum absolute atomic E-state index is 0.000571. The molecule has 0 unspecified atom stereocenters. The van der Waals surface area contributed by atoms with Crippen LogP contribution in [0.2, 0.25) is 0 Å². The number of carbonyl (C=O) groups excluding carboxylic acids is 2. The van der Waals surface area contributed by atoms with E-state index in [4.69, 9.17) is 9.47 Å². The molecule has 0 aromatic heterocycles. The number of nitrogens with one attached hydrogen (secondary N) is 2. The molecule has 0 saturated carbocycles. The van der Waals surface area contributed by atoms with Gasteiger partial charge in [0.1, 0.15) is 5.82 Å². The minimum Gasteiger partial charge on any atom is -0.493 e. The van der Waals surface area contributed by atoms with E-state index >= 15 is 0 Å². The van der Waals surface area contributed by atoms with Crippen molar-refractivity contribution in [3.05, 3.63) is 53.8 Å². The first kappa shape index (κ1) is 20.4. The Morgan fingerprint density at radius 2 is 1.83 bits per heavy atom. The third kappa shape index (κ3) is 5.16. The van der Waals surface area contributed by atoms with Gasteiger partial charge in [-0.15, -0.1) is 0 Å². The summed E-state index contributed by atoms with van der Waals surface area (Å²) in [6.45, 7) is 1.19. The van der Waals surface area contributed by atoms with E-state index in [1.165, 1.54) is 12.1 Å². The van der Waals surface area contributed by atoms with Crippen molar-refractivity contribution in [3.8, 4) is 11.5 Å². The predicted molar refractivity (Wildman–Crippen MR) is 107 cm³/mol. The van der Waals surface area contributed by atoms with Gasteiger partial charge in [0.15, 0.2) is 11.5 Å². The molecule has 1 aliphatic rings. The summed E-state index contributed by atoms with van der Waals surface area (Å²) >= 11 is 0. The molecule has 2 aromatic carbocycles. The molecule has 1 fully saturated rings. The van der Waals surface area contributed by atoms with Crippen molar-refractivity contribution < 1.29 is 23.5 Å². The van der Waals surface area contributed by atoms with Gasteiger partial charge in [-0.05, 0) is 42.0 Å². The number of carbonyl (C=O) groups is 2. The predicted octanol–water partition coefficient (Wildman–Crippen LogP) is 2.70. The highest BCUT2D eigenvalue weighted by molar-refractivity contribution is 5.95. The fourth-order valence-corrected chi connectivity index (χ4v) is 3.26. The van der Waals surface area contributed by atoms with Crippen LogP contribution in [-0.2, 0) is 11.3 Å². The summed E-state index contributed by atoms with van der Waals surface area (Å²) in [5, 5.41) is 5.59. The third-order valence-corrected chi connectivity index (χ3v) is 4.80. The maximum absolute atomic E-state index is 13.1. The van der Waals surface area contributed by atoms with Crippen LogP contribution >= 0.6 is 0 Å². The summed E-state index contributed by atoms with van der Waals surface area (Å²) in [4.78, 5) is 25.9. The number of hydrogen-bond acceptors (Lipinski definition) is 4. The molecule has 0 bridgehead atoms. The van der Waals surface area contributed by atoms with Gasteiger partial charge in [-0.3, -0.25) is 4.79 Å². The molecule has 1 heterocycles. The molecule has 1 atom stereocenters. The zero-order valence-electron chi connectivity index (χ0n) is 16.4. The Hall–Kier alpha value is -3.29. The summed E-state index contributed by atoms with van der Waals surface area (Å²) in [6, 6.07) is 10.9. The Bertz CT molecular complexity index is 873. The summed E-state index contributed by atoms with van der Waals surface area (Å²) in [6.07, 6.45) is 0.341. The zero-order chi connectivity index (χ0) is 20.8. The summed E-state index contributed by atoms with van der Waals surface area (Å²) in [7, 11) is 3.12. The second-order valence-corrected chi connectivity index (χ2v) is 6.80. The van der Waals surface area contributed by atoms with Gasteiger partial charge in [0.25, 0.3) is 0 Å². The lowest BCUT2D eigenvalue weighted by Gasteiger charge is -2.17. The first-order valence-electron chi connectivity index (χ1n) is 9.28. The van der Waals surface area contributed by atoms with E-state index in [0.717, 1.165) is 5.56 Å². The molecule has 2 N–H and O–H groups in total. The van der Waals surface area contributed by atoms with Gasteiger partial charge in [-0.25, -0.2) is 9.18 Å².